The van der Waals surface area contributed by atoms with Crippen LogP contribution in [0.3, 0.4) is 0 Å². The Labute approximate surface area is 203 Å². The Bertz CT molecular complexity index is 1100. The monoisotopic (exact) mass is 477 g/mol. The molecule has 0 unspecified atom stereocenters. The van der Waals surface area contributed by atoms with Crippen molar-refractivity contribution in [2.24, 2.45) is 0 Å². The molecular weight excluding hydrogens is 450 g/mol. The van der Waals surface area contributed by atoms with Crippen molar-refractivity contribution in [2.75, 3.05) is 36.5 Å². The van der Waals surface area contributed by atoms with E-state index in [-0.39, 0.29) is 31.4 Å². The highest BCUT2D eigenvalue weighted by molar-refractivity contribution is 5.95. The number of aliphatic hydroxyl groups excluding tert-OH is 1. The van der Waals surface area contributed by atoms with Gasteiger partial charge in [-0.15, -0.1) is 0 Å². The van der Waals surface area contributed by atoms with Gasteiger partial charge in [0.25, 0.3) is 5.91 Å². The first-order valence-electron chi connectivity index (χ1n) is 11.3. The lowest BCUT2D eigenvalue weighted by Crippen LogP contribution is -2.41. The van der Waals surface area contributed by atoms with Gasteiger partial charge in [-0.1, -0.05) is 48.6 Å². The van der Waals surface area contributed by atoms with Gasteiger partial charge < -0.3 is 24.4 Å². The van der Waals surface area contributed by atoms with Crippen molar-refractivity contribution < 1.29 is 29.0 Å². The molecule has 0 bridgehead atoms. The summed E-state index contributed by atoms with van der Waals surface area (Å²) in [5.74, 6) is -0.484. The number of allylic oxidation sites excluding steroid dienone is 2. The molecule has 2 atom stereocenters. The zero-order valence-corrected chi connectivity index (χ0v) is 19.1. The lowest BCUT2D eigenvalue weighted by atomic mass is 10.2. The number of ether oxygens (including phenoxy) is 2. The van der Waals surface area contributed by atoms with E-state index in [1.807, 2.05) is 36.4 Å². The number of anilines is 2. The maximum absolute atomic E-state index is 12.6. The highest BCUT2D eigenvalue weighted by atomic mass is 16.6. The third kappa shape index (κ3) is 6.56. The number of benzene rings is 2. The number of β-amino-alcohol motifs (C(OH)–C–C–N with tert-alkyl or cyclic N) is 1. The fourth-order valence-corrected chi connectivity index (χ4v) is 3.87. The van der Waals surface area contributed by atoms with Crippen LogP contribution in [0, 0.1) is 0 Å². The number of likely N-dealkylation sites (tertiary alicyclic amines) is 1. The summed E-state index contributed by atoms with van der Waals surface area (Å²) in [6, 6.07) is 16.4. The van der Waals surface area contributed by atoms with Gasteiger partial charge in [0.15, 0.2) is 6.23 Å². The van der Waals surface area contributed by atoms with Crippen molar-refractivity contribution in [1.29, 1.82) is 0 Å². The second kappa shape index (κ2) is 11.5. The van der Waals surface area contributed by atoms with E-state index in [2.05, 4.69) is 5.32 Å². The standard InChI is InChI=1S/C26H27N3O6/c30-22-16-25(29(17-22)23(31)9-5-4-8-19-6-2-1-3-7-19)35-26(33)27-20-10-12-21(13-11-20)28-14-15-34-18-24(28)32/h1-13,22,25,30H,14-18H2,(H,27,33)/b8-4+,9-5+/t22-,25-/m1/s1. The SMILES string of the molecule is O=C(Nc1ccc(N2CCOCC2=O)cc1)O[C@@H]1C[C@@H](O)CN1C(=O)/C=C/C=C/c1ccccc1. The number of nitrogens with one attached hydrogen (secondary N) is 1. The first-order valence-corrected chi connectivity index (χ1v) is 11.3. The first-order chi connectivity index (χ1) is 17.0. The number of hydrogen-bond acceptors (Lipinski definition) is 6. The number of amides is 3. The Balaban J connectivity index is 1.31. The number of nitrogens with zero attached hydrogens (tertiary/aromatic N) is 2. The van der Waals surface area contributed by atoms with E-state index < -0.39 is 18.4 Å². The minimum Gasteiger partial charge on any atom is -0.425 e. The molecular formula is C26H27N3O6. The van der Waals surface area contributed by atoms with Crippen LogP contribution < -0.4 is 10.2 Å². The van der Waals surface area contributed by atoms with E-state index in [0.717, 1.165) is 5.56 Å². The summed E-state index contributed by atoms with van der Waals surface area (Å²) in [5, 5.41) is 12.6. The molecule has 2 aliphatic heterocycles. The second-order valence-corrected chi connectivity index (χ2v) is 8.14. The third-order valence-electron chi connectivity index (χ3n) is 5.60. The smallest absolute Gasteiger partial charge is 0.413 e. The Morgan fingerprint density at radius 3 is 2.60 bits per heavy atom. The summed E-state index contributed by atoms with van der Waals surface area (Å²) in [5.41, 5.74) is 2.19. The molecule has 4 rings (SSSR count). The summed E-state index contributed by atoms with van der Waals surface area (Å²) in [4.78, 5) is 40.0. The van der Waals surface area contributed by atoms with E-state index in [1.165, 1.54) is 11.0 Å². The van der Waals surface area contributed by atoms with Crippen LogP contribution in [0.4, 0.5) is 16.2 Å². The molecule has 2 aromatic carbocycles. The van der Waals surface area contributed by atoms with Gasteiger partial charge in [-0.25, -0.2) is 4.79 Å². The van der Waals surface area contributed by atoms with Gasteiger partial charge in [0, 0.05) is 30.4 Å². The molecule has 0 spiro atoms. The van der Waals surface area contributed by atoms with Crippen molar-refractivity contribution in [1.82, 2.24) is 4.90 Å². The topological polar surface area (TPSA) is 108 Å². The van der Waals surface area contributed by atoms with Crippen LogP contribution in [0.15, 0.2) is 72.8 Å². The molecule has 0 aromatic heterocycles. The molecule has 2 aliphatic rings. The van der Waals surface area contributed by atoms with Crippen molar-refractivity contribution in [3.05, 3.63) is 78.4 Å². The molecule has 35 heavy (non-hydrogen) atoms. The maximum Gasteiger partial charge on any atom is 0.413 e. The first kappa shape index (κ1) is 24.2. The van der Waals surface area contributed by atoms with E-state index >= 15 is 0 Å². The molecule has 3 amide bonds. The molecule has 9 nitrogen and oxygen atoms in total. The van der Waals surface area contributed by atoms with E-state index in [1.54, 1.807) is 41.3 Å². The van der Waals surface area contributed by atoms with Crippen molar-refractivity contribution in [2.45, 2.75) is 18.8 Å². The average Bonchev–Trinajstić information content (AvgIpc) is 3.23. The van der Waals surface area contributed by atoms with Gasteiger partial charge in [-0.3, -0.25) is 14.9 Å². The summed E-state index contributed by atoms with van der Waals surface area (Å²) in [6.07, 6.45) is 4.31. The number of carbonyl (C=O) groups excluding carboxylic acids is 3. The molecule has 0 radical (unpaired) electrons. The van der Waals surface area contributed by atoms with Crippen LogP contribution >= 0.6 is 0 Å². The predicted octanol–water partition coefficient (Wildman–Crippen LogP) is 2.79. The van der Waals surface area contributed by atoms with Crippen LogP contribution in [0.25, 0.3) is 6.08 Å². The Morgan fingerprint density at radius 2 is 1.86 bits per heavy atom. The van der Waals surface area contributed by atoms with E-state index in [0.29, 0.717) is 24.5 Å². The molecule has 0 saturated carbocycles. The van der Waals surface area contributed by atoms with Crippen LogP contribution in [0.5, 0.6) is 0 Å². The third-order valence-corrected chi connectivity index (χ3v) is 5.60. The van der Waals surface area contributed by atoms with Gasteiger partial charge >= 0.3 is 6.09 Å². The Hall–Kier alpha value is -3.95. The molecule has 2 heterocycles. The maximum atomic E-state index is 12.6. The van der Waals surface area contributed by atoms with Gasteiger partial charge in [-0.2, -0.15) is 0 Å². The molecule has 2 saturated heterocycles. The van der Waals surface area contributed by atoms with Crippen LogP contribution in [0.1, 0.15) is 12.0 Å². The van der Waals surface area contributed by atoms with Gasteiger partial charge in [0.05, 0.1) is 19.3 Å². The minimum atomic E-state index is -0.884. The Kier molecular flexibility index (Phi) is 7.92. The zero-order valence-electron chi connectivity index (χ0n) is 19.1. The largest absolute Gasteiger partial charge is 0.425 e. The fourth-order valence-electron chi connectivity index (χ4n) is 3.87. The lowest BCUT2D eigenvalue weighted by molar-refractivity contribution is -0.132. The molecule has 182 valence electrons. The van der Waals surface area contributed by atoms with Crippen molar-refractivity contribution in [3.63, 3.8) is 0 Å². The summed E-state index contributed by atoms with van der Waals surface area (Å²) >= 11 is 0. The summed E-state index contributed by atoms with van der Waals surface area (Å²) < 4.78 is 10.6. The van der Waals surface area contributed by atoms with E-state index in [4.69, 9.17) is 9.47 Å². The number of aliphatic hydroxyl groups is 1. The normalized spacial score (nSPS) is 20.5. The zero-order chi connectivity index (χ0) is 24.6. The fraction of sp³-hybridized carbons (Fsp3) is 0.269. The number of morpholine rings is 1. The molecule has 2 aromatic rings. The highest BCUT2D eigenvalue weighted by Crippen LogP contribution is 2.22. The van der Waals surface area contributed by atoms with Gasteiger partial charge in [0.2, 0.25) is 5.91 Å². The minimum absolute atomic E-state index is 0.0489. The molecule has 2 fully saturated rings. The van der Waals surface area contributed by atoms with E-state index in [9.17, 15) is 19.5 Å². The number of rotatable bonds is 6. The van der Waals surface area contributed by atoms with Gasteiger partial charge in [0.1, 0.15) is 6.61 Å². The summed E-state index contributed by atoms with van der Waals surface area (Å²) in [7, 11) is 0. The lowest BCUT2D eigenvalue weighted by Gasteiger charge is -2.27. The van der Waals surface area contributed by atoms with Crippen molar-refractivity contribution >= 4 is 35.4 Å². The number of hydrogen-bond donors (Lipinski definition) is 2. The van der Waals surface area contributed by atoms with Crippen LogP contribution in [0.2, 0.25) is 0 Å². The van der Waals surface area contributed by atoms with Crippen LogP contribution in [-0.2, 0) is 19.1 Å². The van der Waals surface area contributed by atoms with Gasteiger partial charge in [-0.05, 0) is 29.8 Å². The second-order valence-electron chi connectivity index (χ2n) is 8.14. The predicted molar refractivity (Wildman–Crippen MR) is 130 cm³/mol. The molecule has 0 aliphatic carbocycles. The average molecular weight is 478 g/mol. The van der Waals surface area contributed by atoms with Crippen LogP contribution in [-0.4, -0.2) is 66.5 Å². The quantitative estimate of drug-likeness (QED) is 0.489. The molecule has 2 N–H and O–H groups in total. The molecule has 9 heteroatoms. The summed E-state index contributed by atoms with van der Waals surface area (Å²) in [6.45, 7) is 1.07. The van der Waals surface area contributed by atoms with Crippen molar-refractivity contribution in [3.8, 4) is 0 Å². The highest BCUT2D eigenvalue weighted by Gasteiger charge is 2.36. The number of carbonyl (C=O) groups is 3. The Morgan fingerprint density at radius 1 is 1.09 bits per heavy atom.